The van der Waals surface area contributed by atoms with E-state index in [0.29, 0.717) is 46.2 Å². The van der Waals surface area contributed by atoms with Crippen LogP contribution in [0.15, 0.2) is 66.7 Å². The van der Waals surface area contributed by atoms with Crippen LogP contribution in [0, 0.1) is 0 Å². The van der Waals surface area contributed by atoms with Gasteiger partial charge in [0.2, 0.25) is 11.8 Å². The van der Waals surface area contributed by atoms with Gasteiger partial charge in [-0.15, -0.1) is 24.0 Å². The molecule has 19 heteroatoms. The average molecular weight is 985 g/mol. The van der Waals surface area contributed by atoms with Crippen LogP contribution >= 0.6 is 70.4 Å². The SMILES string of the molecule is CS(=O)(=O)OC1CCN(C(=O)CNC(=O)c2ccc(Cl)c(Cl)c2)C1.I.O=C(NCC(=O)N1CCC(N2CCN(c3ccccc3)CC2)C1)c1ccc(Cl)c(Cl)c1. The Hall–Kier alpha value is -2.90. The highest BCUT2D eigenvalue weighted by Crippen LogP contribution is 2.24. The monoisotopic (exact) mass is 982 g/mol. The maximum Gasteiger partial charge on any atom is 0.264 e. The minimum absolute atomic E-state index is 0. The third-order valence-corrected chi connectivity index (χ3v) is 11.5. The van der Waals surface area contributed by atoms with Gasteiger partial charge in [0, 0.05) is 75.2 Å². The first kappa shape index (κ1) is 45.8. The van der Waals surface area contributed by atoms with Gasteiger partial charge < -0.3 is 25.3 Å². The summed E-state index contributed by atoms with van der Waals surface area (Å²) in [5, 5.41) is 6.47. The number of carbonyl (C=O) groups excluding carboxylic acids is 4. The molecule has 2 unspecified atom stereocenters. The lowest BCUT2D eigenvalue weighted by atomic mass is 10.1. The molecule has 6 rings (SSSR count). The number of carbonyl (C=O) groups is 4. The van der Waals surface area contributed by atoms with E-state index in [1.165, 1.54) is 34.9 Å². The summed E-state index contributed by atoms with van der Waals surface area (Å²) in [4.78, 5) is 57.2. The number of hydrogen-bond acceptors (Lipinski definition) is 9. The van der Waals surface area contributed by atoms with E-state index in [2.05, 4.69) is 44.7 Å². The zero-order valence-corrected chi connectivity index (χ0v) is 36.6. The Kier molecular flexibility index (Phi) is 17.3. The van der Waals surface area contributed by atoms with Crippen LogP contribution in [0.4, 0.5) is 5.69 Å². The van der Waals surface area contributed by atoms with Crippen molar-refractivity contribution in [3.05, 3.63) is 97.9 Å². The van der Waals surface area contributed by atoms with Crippen LogP contribution < -0.4 is 15.5 Å². The van der Waals surface area contributed by atoms with Crippen LogP contribution in [0.25, 0.3) is 0 Å². The van der Waals surface area contributed by atoms with Gasteiger partial charge in [-0.25, -0.2) is 0 Å². The quantitative estimate of drug-likeness (QED) is 0.210. The lowest BCUT2D eigenvalue weighted by Gasteiger charge is -2.39. The minimum atomic E-state index is -3.56. The summed E-state index contributed by atoms with van der Waals surface area (Å²) in [6.45, 7) is 5.75. The third kappa shape index (κ3) is 13.3. The van der Waals surface area contributed by atoms with Crippen molar-refractivity contribution in [2.45, 2.75) is 25.0 Å². The number of anilines is 1. The number of nitrogens with one attached hydrogen (secondary N) is 2. The van der Waals surface area contributed by atoms with E-state index in [1.54, 1.807) is 12.1 Å². The second-order valence-electron chi connectivity index (χ2n) is 13.3. The third-order valence-electron chi connectivity index (χ3n) is 9.44. The standard InChI is InChI=1S/C23H26Cl2N4O2.C14H16Cl2N2O5S.HI/c24-20-7-6-17(14-21(20)25)23(31)26-15-22(30)29-9-8-19(16-29)28-12-10-27(11-13-28)18-4-2-1-3-5-18;1-24(21,22)23-10-4-5-18(8-10)13(19)7-17-14(20)9-2-3-11(15)12(16)6-9;/h1-7,14,19H,8-13,15-16H2,(H,26,31);2-3,6,10H,4-5,7-8H2,1H3,(H,17,20);1H. The van der Waals surface area contributed by atoms with Crippen LogP contribution in [-0.4, -0.2) is 131 Å². The Morgan fingerprint density at radius 2 is 1.18 bits per heavy atom. The fourth-order valence-corrected chi connectivity index (χ4v) is 7.79. The molecule has 0 aliphatic carbocycles. The van der Waals surface area contributed by atoms with Gasteiger partial charge in [0.05, 0.1) is 45.5 Å². The van der Waals surface area contributed by atoms with Gasteiger partial charge in [0.25, 0.3) is 21.9 Å². The molecule has 0 spiro atoms. The normalized spacial score (nSPS) is 18.4. The summed E-state index contributed by atoms with van der Waals surface area (Å²) >= 11 is 23.5. The van der Waals surface area contributed by atoms with Crippen molar-refractivity contribution in [3.63, 3.8) is 0 Å². The molecule has 3 saturated heterocycles. The molecule has 0 aromatic heterocycles. The van der Waals surface area contributed by atoms with Crippen molar-refractivity contribution >= 4 is 110 Å². The minimum Gasteiger partial charge on any atom is -0.369 e. The Morgan fingerprint density at radius 1 is 0.679 bits per heavy atom. The van der Waals surface area contributed by atoms with E-state index < -0.39 is 22.1 Å². The van der Waals surface area contributed by atoms with E-state index in [1.807, 2.05) is 11.0 Å². The zero-order chi connectivity index (χ0) is 39.7. The van der Waals surface area contributed by atoms with E-state index in [-0.39, 0.29) is 71.9 Å². The molecule has 3 heterocycles. The molecule has 3 aliphatic rings. The van der Waals surface area contributed by atoms with E-state index in [9.17, 15) is 27.6 Å². The number of para-hydroxylation sites is 1. The highest BCUT2D eigenvalue weighted by atomic mass is 127. The van der Waals surface area contributed by atoms with Crippen molar-refractivity contribution in [3.8, 4) is 0 Å². The lowest BCUT2D eigenvalue weighted by molar-refractivity contribution is -0.130. The van der Waals surface area contributed by atoms with Crippen LogP contribution in [-0.2, 0) is 23.9 Å². The van der Waals surface area contributed by atoms with Gasteiger partial charge >= 0.3 is 0 Å². The number of nitrogens with zero attached hydrogens (tertiary/aromatic N) is 4. The molecule has 3 aromatic carbocycles. The number of amides is 4. The molecule has 56 heavy (non-hydrogen) atoms. The molecule has 0 bridgehead atoms. The van der Waals surface area contributed by atoms with Gasteiger partial charge in [0.15, 0.2) is 0 Å². The second-order valence-corrected chi connectivity index (χ2v) is 16.5. The number of piperazine rings is 1. The summed E-state index contributed by atoms with van der Waals surface area (Å²) in [6.07, 6.45) is 1.82. The molecular formula is C37H43Cl4IN6O7S. The lowest BCUT2D eigenvalue weighted by Crippen LogP contribution is -2.51. The summed E-state index contributed by atoms with van der Waals surface area (Å²) < 4.78 is 27.0. The molecule has 3 aliphatic heterocycles. The van der Waals surface area contributed by atoms with Crippen molar-refractivity contribution in [1.82, 2.24) is 25.3 Å². The first-order valence-electron chi connectivity index (χ1n) is 17.6. The highest BCUT2D eigenvalue weighted by Gasteiger charge is 2.32. The summed E-state index contributed by atoms with van der Waals surface area (Å²) in [5.74, 6) is -1.16. The smallest absolute Gasteiger partial charge is 0.264 e. The Labute approximate surface area is 364 Å². The fraction of sp³-hybridized carbons (Fsp3) is 0.405. The highest BCUT2D eigenvalue weighted by molar-refractivity contribution is 14.0. The van der Waals surface area contributed by atoms with E-state index in [0.717, 1.165) is 45.4 Å². The molecule has 2 atom stereocenters. The van der Waals surface area contributed by atoms with Crippen molar-refractivity contribution in [2.24, 2.45) is 0 Å². The van der Waals surface area contributed by atoms with Gasteiger partial charge in [-0.3, -0.25) is 28.3 Å². The topological polar surface area (TPSA) is 149 Å². The largest absolute Gasteiger partial charge is 0.369 e. The molecule has 0 radical (unpaired) electrons. The number of likely N-dealkylation sites (tertiary alicyclic amines) is 2. The van der Waals surface area contributed by atoms with Crippen LogP contribution in [0.5, 0.6) is 0 Å². The molecule has 13 nitrogen and oxygen atoms in total. The number of hydrogen-bond donors (Lipinski definition) is 2. The Bertz CT molecular complexity index is 1980. The second kappa shape index (κ2) is 21.2. The van der Waals surface area contributed by atoms with Crippen molar-refractivity contribution < 1.29 is 31.8 Å². The summed E-state index contributed by atoms with van der Waals surface area (Å²) in [5.41, 5.74) is 1.94. The predicted molar refractivity (Wildman–Crippen MR) is 229 cm³/mol. The maximum atomic E-state index is 12.6. The number of halogens is 5. The van der Waals surface area contributed by atoms with E-state index in [4.69, 9.17) is 50.6 Å². The van der Waals surface area contributed by atoms with Gasteiger partial charge in [-0.05, 0) is 61.4 Å². The Morgan fingerprint density at radius 3 is 1.68 bits per heavy atom. The van der Waals surface area contributed by atoms with Gasteiger partial charge in [-0.1, -0.05) is 64.6 Å². The van der Waals surface area contributed by atoms with E-state index >= 15 is 0 Å². The first-order chi connectivity index (χ1) is 26.2. The molecule has 2 N–H and O–H groups in total. The molecular weight excluding hydrogens is 941 g/mol. The number of rotatable bonds is 10. The van der Waals surface area contributed by atoms with Crippen molar-refractivity contribution in [1.29, 1.82) is 0 Å². The maximum absolute atomic E-state index is 12.6. The Balaban J connectivity index is 0.000000253. The molecule has 4 amide bonds. The first-order valence-corrected chi connectivity index (χ1v) is 20.9. The molecule has 304 valence electrons. The molecule has 0 saturated carbocycles. The molecule has 3 fully saturated rings. The van der Waals surface area contributed by atoms with Gasteiger partial charge in [0.1, 0.15) is 0 Å². The fourth-order valence-electron chi connectivity index (χ4n) is 6.55. The van der Waals surface area contributed by atoms with Crippen LogP contribution in [0.3, 0.4) is 0 Å². The zero-order valence-electron chi connectivity index (χ0n) is 30.5. The predicted octanol–water partition coefficient (Wildman–Crippen LogP) is 5.06. The molecule has 3 aromatic rings. The van der Waals surface area contributed by atoms with Crippen LogP contribution in [0.2, 0.25) is 20.1 Å². The summed E-state index contributed by atoms with van der Waals surface area (Å²) in [6, 6.07) is 19.9. The average Bonchev–Trinajstić information content (AvgIpc) is 3.86. The number of benzene rings is 3. The van der Waals surface area contributed by atoms with Crippen LogP contribution in [0.1, 0.15) is 33.6 Å². The van der Waals surface area contributed by atoms with Crippen molar-refractivity contribution in [2.75, 3.05) is 76.6 Å². The van der Waals surface area contributed by atoms with Gasteiger partial charge in [-0.2, -0.15) is 8.42 Å². The summed E-state index contributed by atoms with van der Waals surface area (Å²) in [7, 11) is -3.56.